The number of hydrogen-bond donors (Lipinski definition) is 1. The summed E-state index contributed by atoms with van der Waals surface area (Å²) in [7, 11) is 3.81. The highest BCUT2D eigenvalue weighted by Gasteiger charge is 2.27. The molecule has 0 aromatic carbocycles. The normalized spacial score (nSPS) is 18.9. The lowest BCUT2D eigenvalue weighted by Gasteiger charge is -2.29. The molecule has 1 aliphatic carbocycles. The molecule has 4 aromatic heterocycles. The highest BCUT2D eigenvalue weighted by molar-refractivity contribution is 5.93. The van der Waals surface area contributed by atoms with Crippen molar-refractivity contribution in [1.29, 1.82) is 0 Å². The SMILES string of the molecule is CNc1cc2c(cn1)c(-c1cnn(C)c1)nn2C1CCC(Oc2ccc(C)nc2)CC1. The topological polar surface area (TPSA) is 82.7 Å². The highest BCUT2D eigenvalue weighted by atomic mass is 16.5. The molecule has 0 unspecified atom stereocenters. The molecule has 0 saturated heterocycles. The molecule has 0 radical (unpaired) electrons. The Kier molecular flexibility index (Phi) is 5.05. The van der Waals surface area contributed by atoms with Gasteiger partial charge in [0.05, 0.1) is 30.1 Å². The Morgan fingerprint density at radius 3 is 2.58 bits per heavy atom. The maximum absolute atomic E-state index is 6.17. The highest BCUT2D eigenvalue weighted by Crippen LogP contribution is 2.36. The number of rotatable bonds is 5. The lowest BCUT2D eigenvalue weighted by molar-refractivity contribution is 0.130. The minimum atomic E-state index is 0.218. The van der Waals surface area contributed by atoms with Gasteiger partial charge in [-0.25, -0.2) is 4.98 Å². The summed E-state index contributed by atoms with van der Waals surface area (Å²) in [6.07, 6.45) is 11.8. The molecule has 8 heteroatoms. The van der Waals surface area contributed by atoms with Gasteiger partial charge in [-0.1, -0.05) is 0 Å². The number of nitrogens with one attached hydrogen (secondary N) is 1. The van der Waals surface area contributed by atoms with Crippen molar-refractivity contribution >= 4 is 16.7 Å². The number of aromatic nitrogens is 6. The number of pyridine rings is 2. The summed E-state index contributed by atoms with van der Waals surface area (Å²) in [5.74, 6) is 1.69. The predicted octanol–water partition coefficient (Wildman–Crippen LogP) is 4.14. The van der Waals surface area contributed by atoms with Crippen molar-refractivity contribution in [2.75, 3.05) is 12.4 Å². The van der Waals surface area contributed by atoms with Crippen molar-refractivity contribution in [3.63, 3.8) is 0 Å². The Bertz CT molecular complexity index is 1190. The zero-order valence-electron chi connectivity index (χ0n) is 18.1. The van der Waals surface area contributed by atoms with Crippen LogP contribution >= 0.6 is 0 Å². The van der Waals surface area contributed by atoms with Gasteiger partial charge in [0.15, 0.2) is 0 Å². The van der Waals surface area contributed by atoms with E-state index in [0.29, 0.717) is 6.04 Å². The Morgan fingerprint density at radius 1 is 1.06 bits per heavy atom. The summed E-state index contributed by atoms with van der Waals surface area (Å²) in [4.78, 5) is 8.86. The Hall–Kier alpha value is -3.42. The van der Waals surface area contributed by atoms with Crippen LogP contribution in [0.5, 0.6) is 5.75 Å². The van der Waals surface area contributed by atoms with Gasteiger partial charge >= 0.3 is 0 Å². The molecule has 31 heavy (non-hydrogen) atoms. The number of aryl methyl sites for hydroxylation is 2. The minimum Gasteiger partial charge on any atom is -0.489 e. The fourth-order valence-corrected chi connectivity index (χ4v) is 4.33. The Balaban J connectivity index is 1.40. The van der Waals surface area contributed by atoms with Crippen molar-refractivity contribution in [3.05, 3.63) is 48.7 Å². The van der Waals surface area contributed by atoms with E-state index in [2.05, 4.69) is 31.1 Å². The number of hydrogen-bond acceptors (Lipinski definition) is 6. The van der Waals surface area contributed by atoms with Crippen LogP contribution in [0.3, 0.4) is 0 Å². The number of fused-ring (bicyclic) bond motifs is 1. The van der Waals surface area contributed by atoms with Gasteiger partial charge < -0.3 is 10.1 Å². The summed E-state index contributed by atoms with van der Waals surface area (Å²) < 4.78 is 10.2. The van der Waals surface area contributed by atoms with Gasteiger partial charge in [0.2, 0.25) is 0 Å². The molecule has 4 aromatic rings. The second-order valence-electron chi connectivity index (χ2n) is 8.22. The molecule has 1 N–H and O–H groups in total. The van der Waals surface area contributed by atoms with E-state index in [-0.39, 0.29) is 6.10 Å². The molecular formula is C23H27N7O. The maximum atomic E-state index is 6.17. The first kappa shape index (κ1) is 19.5. The van der Waals surface area contributed by atoms with Crippen LogP contribution in [0.15, 0.2) is 43.0 Å². The van der Waals surface area contributed by atoms with Gasteiger partial charge in [-0.3, -0.25) is 14.3 Å². The van der Waals surface area contributed by atoms with Crippen LogP contribution in [-0.4, -0.2) is 42.7 Å². The van der Waals surface area contributed by atoms with E-state index in [4.69, 9.17) is 9.84 Å². The molecule has 5 rings (SSSR count). The molecule has 0 aliphatic heterocycles. The lowest BCUT2D eigenvalue weighted by Crippen LogP contribution is -2.26. The van der Waals surface area contributed by atoms with Gasteiger partial charge in [-0.05, 0) is 44.7 Å². The summed E-state index contributed by atoms with van der Waals surface area (Å²) in [6, 6.07) is 6.41. The van der Waals surface area contributed by atoms with E-state index in [9.17, 15) is 0 Å². The third kappa shape index (κ3) is 3.85. The van der Waals surface area contributed by atoms with Gasteiger partial charge in [0.1, 0.15) is 17.3 Å². The summed E-state index contributed by atoms with van der Waals surface area (Å²) in [6.45, 7) is 1.98. The molecule has 1 aliphatic rings. The van der Waals surface area contributed by atoms with E-state index < -0.39 is 0 Å². The van der Waals surface area contributed by atoms with E-state index in [1.54, 1.807) is 4.68 Å². The van der Waals surface area contributed by atoms with Crippen molar-refractivity contribution in [1.82, 2.24) is 29.5 Å². The van der Waals surface area contributed by atoms with E-state index in [1.807, 2.05) is 57.9 Å². The first-order valence-corrected chi connectivity index (χ1v) is 10.7. The van der Waals surface area contributed by atoms with E-state index in [0.717, 1.165) is 65.1 Å². The molecular weight excluding hydrogens is 390 g/mol. The molecule has 160 valence electrons. The van der Waals surface area contributed by atoms with Gasteiger partial charge in [0, 0.05) is 49.2 Å². The summed E-state index contributed by atoms with van der Waals surface area (Å²) >= 11 is 0. The van der Waals surface area contributed by atoms with Gasteiger partial charge in [-0.15, -0.1) is 0 Å². The van der Waals surface area contributed by atoms with E-state index in [1.165, 1.54) is 0 Å². The second kappa shape index (κ2) is 8.02. The summed E-state index contributed by atoms with van der Waals surface area (Å²) in [5.41, 5.74) is 4.04. The van der Waals surface area contributed by atoms with Crippen molar-refractivity contribution in [2.24, 2.45) is 7.05 Å². The number of anilines is 1. The molecule has 0 spiro atoms. The zero-order valence-corrected chi connectivity index (χ0v) is 18.1. The van der Waals surface area contributed by atoms with Crippen LogP contribution in [0.25, 0.3) is 22.2 Å². The quantitative estimate of drug-likeness (QED) is 0.525. The zero-order chi connectivity index (χ0) is 21.4. The van der Waals surface area contributed by atoms with Crippen molar-refractivity contribution < 1.29 is 4.74 Å². The molecule has 0 bridgehead atoms. The maximum Gasteiger partial charge on any atom is 0.138 e. The van der Waals surface area contributed by atoms with Crippen LogP contribution < -0.4 is 10.1 Å². The Morgan fingerprint density at radius 2 is 1.90 bits per heavy atom. The first-order valence-electron chi connectivity index (χ1n) is 10.7. The van der Waals surface area contributed by atoms with Crippen LogP contribution in [-0.2, 0) is 7.05 Å². The molecule has 1 saturated carbocycles. The third-order valence-electron chi connectivity index (χ3n) is 6.00. The standard InChI is InChI=1S/C23H27N7O/c1-15-4-7-19(12-25-15)31-18-8-5-17(6-9-18)30-21-10-22(24-2)26-13-20(21)23(28-30)16-11-27-29(3)14-16/h4,7,10-14,17-18H,5-6,8-9H2,1-3H3,(H,24,26). The molecule has 0 atom stereocenters. The molecule has 0 amide bonds. The Labute approximate surface area is 181 Å². The third-order valence-corrected chi connectivity index (χ3v) is 6.00. The number of ether oxygens (including phenoxy) is 1. The number of nitrogens with zero attached hydrogens (tertiary/aromatic N) is 6. The predicted molar refractivity (Wildman–Crippen MR) is 120 cm³/mol. The van der Waals surface area contributed by atoms with Gasteiger partial charge in [0.25, 0.3) is 0 Å². The average molecular weight is 418 g/mol. The van der Waals surface area contributed by atoms with Crippen LogP contribution in [0.4, 0.5) is 5.82 Å². The largest absolute Gasteiger partial charge is 0.489 e. The molecule has 8 nitrogen and oxygen atoms in total. The summed E-state index contributed by atoms with van der Waals surface area (Å²) in [5, 5.41) is 13.6. The van der Waals surface area contributed by atoms with Crippen LogP contribution in [0.1, 0.15) is 37.4 Å². The van der Waals surface area contributed by atoms with Crippen LogP contribution in [0, 0.1) is 6.92 Å². The van der Waals surface area contributed by atoms with Crippen molar-refractivity contribution in [2.45, 2.75) is 44.8 Å². The fraction of sp³-hybridized carbons (Fsp3) is 0.391. The monoisotopic (exact) mass is 417 g/mol. The van der Waals surface area contributed by atoms with Crippen LogP contribution in [0.2, 0.25) is 0 Å². The molecule has 1 fully saturated rings. The smallest absolute Gasteiger partial charge is 0.138 e. The van der Waals surface area contributed by atoms with E-state index >= 15 is 0 Å². The first-order chi connectivity index (χ1) is 15.1. The fourth-order valence-electron chi connectivity index (χ4n) is 4.33. The molecule has 4 heterocycles. The minimum absolute atomic E-state index is 0.218. The average Bonchev–Trinajstić information content (AvgIpc) is 3.39. The van der Waals surface area contributed by atoms with Crippen molar-refractivity contribution in [3.8, 4) is 17.0 Å². The lowest BCUT2D eigenvalue weighted by atomic mass is 9.93. The van der Waals surface area contributed by atoms with Gasteiger partial charge in [-0.2, -0.15) is 10.2 Å². The second-order valence-corrected chi connectivity index (χ2v) is 8.22.